The van der Waals surface area contributed by atoms with Gasteiger partial charge in [-0.3, -0.25) is 0 Å². The van der Waals surface area contributed by atoms with Crippen LogP contribution < -0.4 is 10.4 Å². The van der Waals surface area contributed by atoms with E-state index in [1.54, 1.807) is 6.07 Å². The van der Waals surface area contributed by atoms with Crippen molar-refractivity contribution in [1.29, 1.82) is 0 Å². The molecule has 8 nitrogen and oxygen atoms in total. The minimum atomic E-state index is -3.63. The smallest absolute Gasteiger partial charge is 0.350 e. The van der Waals surface area contributed by atoms with Crippen molar-refractivity contribution < 1.29 is 13.2 Å². The number of nitrogens with zero attached hydrogens (tertiary/aromatic N) is 4. The third-order valence-corrected chi connectivity index (χ3v) is 7.13. The SMILES string of the molecule is CC1CCN(S(=O)(=O)c2ccc3nn(CCOc4ccccc4)c(=O)n3c2)CC1. The van der Waals surface area contributed by atoms with Crippen molar-refractivity contribution in [3.63, 3.8) is 0 Å². The Labute approximate surface area is 169 Å². The van der Waals surface area contributed by atoms with E-state index in [4.69, 9.17) is 4.74 Å². The average Bonchev–Trinajstić information content (AvgIpc) is 3.04. The van der Waals surface area contributed by atoms with Crippen molar-refractivity contribution in [3.05, 3.63) is 59.1 Å². The molecule has 1 aliphatic rings. The van der Waals surface area contributed by atoms with E-state index in [2.05, 4.69) is 12.0 Å². The molecule has 0 spiro atoms. The lowest BCUT2D eigenvalue weighted by atomic mass is 10.0. The Morgan fingerprint density at radius 1 is 1.10 bits per heavy atom. The zero-order chi connectivity index (χ0) is 20.4. The molecular formula is C20H24N4O4S. The van der Waals surface area contributed by atoms with Crippen molar-refractivity contribution in [2.75, 3.05) is 19.7 Å². The number of para-hydroxylation sites is 1. The molecule has 1 fully saturated rings. The first-order chi connectivity index (χ1) is 13.9. The van der Waals surface area contributed by atoms with Gasteiger partial charge in [-0.25, -0.2) is 22.3 Å². The molecule has 2 aromatic heterocycles. The molecule has 3 heterocycles. The third-order valence-electron chi connectivity index (χ3n) is 5.25. The van der Waals surface area contributed by atoms with Crippen molar-refractivity contribution in [1.82, 2.24) is 18.5 Å². The van der Waals surface area contributed by atoms with Crippen molar-refractivity contribution in [2.45, 2.75) is 31.2 Å². The highest BCUT2D eigenvalue weighted by atomic mass is 32.2. The van der Waals surface area contributed by atoms with Crippen LogP contribution in [0.2, 0.25) is 0 Å². The summed E-state index contributed by atoms with van der Waals surface area (Å²) in [6, 6.07) is 12.4. The highest BCUT2D eigenvalue weighted by Crippen LogP contribution is 2.23. The van der Waals surface area contributed by atoms with Gasteiger partial charge in [0, 0.05) is 19.3 Å². The molecule has 0 saturated carbocycles. The summed E-state index contributed by atoms with van der Waals surface area (Å²) in [7, 11) is -3.63. The highest BCUT2D eigenvalue weighted by Gasteiger charge is 2.28. The maximum atomic E-state index is 12.9. The van der Waals surface area contributed by atoms with Crippen LogP contribution in [0.3, 0.4) is 0 Å². The van der Waals surface area contributed by atoms with Gasteiger partial charge in [0.1, 0.15) is 12.4 Å². The summed E-state index contributed by atoms with van der Waals surface area (Å²) in [6.07, 6.45) is 3.06. The monoisotopic (exact) mass is 416 g/mol. The van der Waals surface area contributed by atoms with Crippen LogP contribution in [0.25, 0.3) is 5.65 Å². The number of sulfonamides is 1. The van der Waals surface area contributed by atoms with E-state index in [-0.39, 0.29) is 23.7 Å². The van der Waals surface area contributed by atoms with Crippen LogP contribution in [0.4, 0.5) is 0 Å². The zero-order valence-corrected chi connectivity index (χ0v) is 17.1. The third kappa shape index (κ3) is 4.06. The van der Waals surface area contributed by atoms with Gasteiger partial charge in [0.2, 0.25) is 10.0 Å². The van der Waals surface area contributed by atoms with E-state index in [0.29, 0.717) is 30.4 Å². The second-order valence-corrected chi connectivity index (χ2v) is 9.28. The van der Waals surface area contributed by atoms with E-state index < -0.39 is 10.0 Å². The average molecular weight is 417 g/mol. The molecule has 154 valence electrons. The Hall–Kier alpha value is -2.65. The first-order valence-electron chi connectivity index (χ1n) is 9.72. The maximum Gasteiger partial charge on any atom is 0.350 e. The Morgan fingerprint density at radius 2 is 1.83 bits per heavy atom. The summed E-state index contributed by atoms with van der Waals surface area (Å²) in [4.78, 5) is 12.8. The van der Waals surface area contributed by atoms with Crippen molar-refractivity contribution in [3.8, 4) is 5.75 Å². The van der Waals surface area contributed by atoms with E-state index in [1.807, 2.05) is 30.3 Å². The number of pyridine rings is 1. The van der Waals surface area contributed by atoms with Gasteiger partial charge in [0.15, 0.2) is 5.65 Å². The van der Waals surface area contributed by atoms with Crippen molar-refractivity contribution in [2.24, 2.45) is 5.92 Å². The normalized spacial score (nSPS) is 16.3. The first kappa shape index (κ1) is 19.7. The second-order valence-electron chi connectivity index (χ2n) is 7.35. The number of hydrogen-bond donors (Lipinski definition) is 0. The molecule has 1 aliphatic heterocycles. The van der Waals surface area contributed by atoms with Gasteiger partial charge in [0.05, 0.1) is 11.4 Å². The second kappa shape index (κ2) is 8.00. The largest absolute Gasteiger partial charge is 0.492 e. The van der Waals surface area contributed by atoms with Gasteiger partial charge < -0.3 is 4.74 Å². The number of ether oxygens (including phenoxy) is 1. The van der Waals surface area contributed by atoms with Crippen LogP contribution in [0.5, 0.6) is 5.75 Å². The van der Waals surface area contributed by atoms with E-state index in [0.717, 1.165) is 12.8 Å². The standard InChI is InChI=1S/C20H24N4O4S/c1-16-9-11-22(12-10-16)29(26,27)18-7-8-19-21-24(20(25)23(19)15-18)13-14-28-17-5-3-2-4-6-17/h2-8,15-16H,9-14H2,1H3. The molecule has 0 unspecified atom stereocenters. The van der Waals surface area contributed by atoms with E-state index >= 15 is 0 Å². The molecule has 29 heavy (non-hydrogen) atoms. The minimum Gasteiger partial charge on any atom is -0.492 e. The maximum absolute atomic E-state index is 12.9. The number of aromatic nitrogens is 3. The number of rotatable bonds is 6. The molecular weight excluding hydrogens is 392 g/mol. The van der Waals surface area contributed by atoms with Crippen LogP contribution in [0.1, 0.15) is 19.8 Å². The molecule has 1 saturated heterocycles. The van der Waals surface area contributed by atoms with Crippen molar-refractivity contribution >= 4 is 15.7 Å². The van der Waals surface area contributed by atoms with Gasteiger partial charge in [-0.2, -0.15) is 4.31 Å². The molecule has 0 radical (unpaired) electrons. The van der Waals surface area contributed by atoms with Gasteiger partial charge in [-0.05, 0) is 43.0 Å². The lowest BCUT2D eigenvalue weighted by molar-refractivity contribution is 0.287. The molecule has 0 atom stereocenters. The number of hydrogen-bond acceptors (Lipinski definition) is 5. The van der Waals surface area contributed by atoms with Gasteiger partial charge in [-0.15, -0.1) is 5.10 Å². The molecule has 3 aromatic rings. The predicted octanol–water partition coefficient (Wildman–Crippen LogP) is 2.00. The number of piperidine rings is 1. The first-order valence-corrected chi connectivity index (χ1v) is 11.2. The van der Waals surface area contributed by atoms with Gasteiger partial charge >= 0.3 is 5.69 Å². The quantitative estimate of drug-likeness (QED) is 0.614. The van der Waals surface area contributed by atoms with Crippen LogP contribution in [-0.4, -0.2) is 46.6 Å². The summed E-state index contributed by atoms with van der Waals surface area (Å²) in [5, 5.41) is 4.27. The molecule has 9 heteroatoms. The number of fused-ring (bicyclic) bond motifs is 1. The zero-order valence-electron chi connectivity index (χ0n) is 16.3. The molecule has 0 amide bonds. The van der Waals surface area contributed by atoms with Crippen LogP contribution >= 0.6 is 0 Å². The van der Waals surface area contributed by atoms with E-state index in [9.17, 15) is 13.2 Å². The molecule has 1 aromatic carbocycles. The molecule has 0 aliphatic carbocycles. The van der Waals surface area contributed by atoms with Crippen LogP contribution in [-0.2, 0) is 16.6 Å². The Balaban J connectivity index is 1.53. The van der Waals surface area contributed by atoms with E-state index in [1.165, 1.54) is 25.7 Å². The van der Waals surface area contributed by atoms with Crippen LogP contribution in [0.15, 0.2) is 58.4 Å². The fourth-order valence-corrected chi connectivity index (χ4v) is 4.91. The Bertz CT molecular complexity index is 1150. The van der Waals surface area contributed by atoms with Crippen LogP contribution in [0, 0.1) is 5.92 Å². The molecule has 0 N–H and O–H groups in total. The predicted molar refractivity (Wildman–Crippen MR) is 109 cm³/mol. The fourth-order valence-electron chi connectivity index (χ4n) is 3.44. The summed E-state index contributed by atoms with van der Waals surface area (Å²) < 4.78 is 35.6. The molecule has 4 rings (SSSR count). The minimum absolute atomic E-state index is 0.113. The Kier molecular flexibility index (Phi) is 5.42. The summed E-state index contributed by atoms with van der Waals surface area (Å²) in [5.74, 6) is 1.25. The molecule has 0 bridgehead atoms. The lowest BCUT2D eigenvalue weighted by Crippen LogP contribution is -2.38. The number of benzene rings is 1. The van der Waals surface area contributed by atoms with Gasteiger partial charge in [-0.1, -0.05) is 25.1 Å². The summed E-state index contributed by atoms with van der Waals surface area (Å²) in [6.45, 7) is 3.69. The van der Waals surface area contributed by atoms with Gasteiger partial charge in [0.25, 0.3) is 0 Å². The highest BCUT2D eigenvalue weighted by molar-refractivity contribution is 7.89. The summed E-state index contributed by atoms with van der Waals surface area (Å²) in [5.41, 5.74) is 0.0157. The topological polar surface area (TPSA) is 85.9 Å². The fraction of sp³-hybridized carbons (Fsp3) is 0.400. The lowest BCUT2D eigenvalue weighted by Gasteiger charge is -2.29. The Morgan fingerprint density at radius 3 is 2.55 bits per heavy atom. The summed E-state index contributed by atoms with van der Waals surface area (Å²) >= 11 is 0.